The maximum atomic E-state index is 10.8. The third-order valence-electron chi connectivity index (χ3n) is 12.9. The number of hydrogen-bond donors (Lipinski definition) is 2. The Hall–Kier alpha value is -0.420. The number of nitrogens with zero attached hydrogens (tertiary/aromatic N) is 1. The van der Waals surface area contributed by atoms with Crippen molar-refractivity contribution in [3.8, 4) is 0 Å². The number of piperidine rings is 1. The lowest BCUT2D eigenvalue weighted by atomic mass is 9.48. The highest BCUT2D eigenvalue weighted by atomic mass is 16.5. The lowest BCUT2D eigenvalue weighted by Crippen LogP contribution is -2.64. The minimum Gasteiger partial charge on any atom is -0.393 e. The summed E-state index contributed by atoms with van der Waals surface area (Å²) in [5.41, 5.74) is 2.95. The minimum absolute atomic E-state index is 0.0806. The van der Waals surface area contributed by atoms with Crippen LogP contribution in [0.25, 0.3) is 0 Å². The smallest absolute Gasteiger partial charge is 0.0793 e. The van der Waals surface area contributed by atoms with E-state index in [2.05, 4.69) is 19.9 Å². The zero-order valence-electron chi connectivity index (χ0n) is 19.2. The van der Waals surface area contributed by atoms with E-state index >= 15 is 0 Å². The molecule has 31 heavy (non-hydrogen) atoms. The summed E-state index contributed by atoms with van der Waals surface area (Å²) in [6.45, 7) is 5.64. The molecule has 6 aliphatic carbocycles. The van der Waals surface area contributed by atoms with Gasteiger partial charge in [0.2, 0.25) is 0 Å². The number of fused-ring (bicyclic) bond motifs is 6. The zero-order chi connectivity index (χ0) is 21.0. The Balaban J connectivity index is 1.14. The van der Waals surface area contributed by atoms with Crippen molar-refractivity contribution < 1.29 is 15.1 Å². The molecule has 0 radical (unpaired) electrons. The second-order valence-corrected chi connectivity index (χ2v) is 13.6. The van der Waals surface area contributed by atoms with Crippen LogP contribution in [0.15, 0.2) is 11.6 Å². The fraction of sp³-hybridized carbons (Fsp3) is 0.926. The SMILES string of the molecule is C[C@H]1C[C@H]2O[C@@]34CC[C@H]5[C@@H]6CC=C7C[C@@H](O)CC[C@]7(C)[C@H]6CC56CC63C[C@@H]4[C@@H]2N(O)C1. The van der Waals surface area contributed by atoms with Gasteiger partial charge in [0, 0.05) is 17.9 Å². The Morgan fingerprint density at radius 1 is 1.13 bits per heavy atom. The second-order valence-electron chi connectivity index (χ2n) is 13.6. The lowest BCUT2D eigenvalue weighted by molar-refractivity contribution is -0.212. The molecule has 8 aliphatic rings. The van der Waals surface area contributed by atoms with E-state index in [0.717, 1.165) is 43.6 Å². The van der Waals surface area contributed by atoms with Gasteiger partial charge in [-0.3, -0.25) is 0 Å². The van der Waals surface area contributed by atoms with Gasteiger partial charge in [-0.1, -0.05) is 25.5 Å². The van der Waals surface area contributed by atoms with Crippen molar-refractivity contribution >= 4 is 0 Å². The largest absolute Gasteiger partial charge is 0.393 e. The Bertz CT molecular complexity index is 888. The molecule has 8 rings (SSSR count). The van der Waals surface area contributed by atoms with Crippen LogP contribution in [-0.4, -0.2) is 45.8 Å². The molecule has 0 amide bonds. The molecular formula is C27H39NO3. The highest BCUT2D eigenvalue weighted by molar-refractivity contribution is 5.41. The third-order valence-corrected chi connectivity index (χ3v) is 12.9. The van der Waals surface area contributed by atoms with Gasteiger partial charge in [0.1, 0.15) is 0 Å². The van der Waals surface area contributed by atoms with Crippen LogP contribution in [0.2, 0.25) is 0 Å². The topological polar surface area (TPSA) is 52.9 Å². The summed E-state index contributed by atoms with van der Waals surface area (Å²) < 4.78 is 7.10. The molecule has 3 spiro atoms. The molecule has 12 atom stereocenters. The predicted molar refractivity (Wildman–Crippen MR) is 116 cm³/mol. The van der Waals surface area contributed by atoms with Crippen molar-refractivity contribution in [3.63, 3.8) is 0 Å². The standard InChI is InChI=1S/C27H39NO3/c1-15-9-22-23(28(30)13-15)21-12-26-14-25(26)11-20-18(19(25)6-8-27(21,26)31-22)4-3-16-10-17(29)5-7-24(16,20)2/h3,15,17-23,29-30H,4-14H2,1-2H3/t15-,17-,18-,19-,20-,21+,22+,23-,24-,25?,26?,27+/m0/s1. The van der Waals surface area contributed by atoms with E-state index in [1.807, 2.05) is 0 Å². The molecule has 0 aromatic rings. The van der Waals surface area contributed by atoms with E-state index < -0.39 is 0 Å². The quantitative estimate of drug-likeness (QED) is 0.559. The summed E-state index contributed by atoms with van der Waals surface area (Å²) in [5.74, 6) is 3.66. The van der Waals surface area contributed by atoms with Crippen LogP contribution in [0.3, 0.4) is 0 Å². The van der Waals surface area contributed by atoms with Gasteiger partial charge < -0.3 is 15.1 Å². The number of aliphatic hydroxyl groups excluding tert-OH is 1. The Kier molecular flexibility index (Phi) is 3.33. The van der Waals surface area contributed by atoms with E-state index in [1.54, 1.807) is 10.6 Å². The summed E-state index contributed by atoms with van der Waals surface area (Å²) >= 11 is 0. The summed E-state index contributed by atoms with van der Waals surface area (Å²) in [4.78, 5) is 0. The maximum Gasteiger partial charge on any atom is 0.0793 e. The van der Waals surface area contributed by atoms with Crippen LogP contribution in [0.4, 0.5) is 0 Å². The summed E-state index contributed by atoms with van der Waals surface area (Å²) in [5, 5.41) is 22.8. The molecule has 2 heterocycles. The summed E-state index contributed by atoms with van der Waals surface area (Å²) in [6, 6.07) is 0.255. The fourth-order valence-corrected chi connectivity index (χ4v) is 11.7. The molecule has 170 valence electrons. The van der Waals surface area contributed by atoms with Crippen LogP contribution in [0, 0.1) is 45.8 Å². The number of allylic oxidation sites excluding steroid dienone is 1. The zero-order valence-corrected chi connectivity index (χ0v) is 19.2. The van der Waals surface area contributed by atoms with E-state index in [1.165, 1.54) is 44.9 Å². The highest BCUT2D eigenvalue weighted by Gasteiger charge is 2.91. The van der Waals surface area contributed by atoms with Crippen molar-refractivity contribution in [2.75, 3.05) is 6.54 Å². The molecule has 7 fully saturated rings. The van der Waals surface area contributed by atoms with Gasteiger partial charge in [0.25, 0.3) is 0 Å². The lowest BCUT2D eigenvalue weighted by Gasteiger charge is -2.60. The minimum atomic E-state index is -0.111. The van der Waals surface area contributed by atoms with E-state index in [9.17, 15) is 10.3 Å². The first-order valence-corrected chi connectivity index (χ1v) is 13.3. The van der Waals surface area contributed by atoms with Gasteiger partial charge >= 0.3 is 0 Å². The molecule has 5 saturated carbocycles. The van der Waals surface area contributed by atoms with Crippen LogP contribution in [0.1, 0.15) is 78.1 Å². The van der Waals surface area contributed by atoms with Gasteiger partial charge in [-0.2, -0.15) is 5.06 Å². The van der Waals surface area contributed by atoms with Crippen molar-refractivity contribution in [3.05, 3.63) is 11.6 Å². The molecule has 0 aromatic heterocycles. The predicted octanol–water partition coefficient (Wildman–Crippen LogP) is 4.55. The third kappa shape index (κ3) is 1.87. The number of ether oxygens (including phenoxy) is 1. The van der Waals surface area contributed by atoms with Crippen molar-refractivity contribution in [2.45, 2.75) is 102 Å². The first-order valence-electron chi connectivity index (χ1n) is 13.3. The first kappa shape index (κ1) is 18.9. The second kappa shape index (κ2) is 5.45. The van der Waals surface area contributed by atoms with Crippen LogP contribution < -0.4 is 0 Å². The number of rotatable bonds is 0. The van der Waals surface area contributed by atoms with Gasteiger partial charge in [-0.25, -0.2) is 0 Å². The number of hydrogen-bond acceptors (Lipinski definition) is 4. The summed E-state index contributed by atoms with van der Waals surface area (Å²) in [6.07, 6.45) is 14.9. The van der Waals surface area contributed by atoms with E-state index in [-0.39, 0.29) is 23.9 Å². The molecule has 2 saturated heterocycles. The average molecular weight is 426 g/mol. The van der Waals surface area contributed by atoms with Crippen LogP contribution in [0.5, 0.6) is 0 Å². The molecule has 0 bridgehead atoms. The van der Waals surface area contributed by atoms with Gasteiger partial charge in [-0.15, -0.1) is 0 Å². The average Bonchev–Trinajstić information content (AvgIpc) is 3.19. The van der Waals surface area contributed by atoms with Gasteiger partial charge in [0.05, 0.1) is 23.9 Å². The van der Waals surface area contributed by atoms with Crippen molar-refractivity contribution in [1.29, 1.82) is 0 Å². The first-order chi connectivity index (χ1) is 14.8. The molecule has 4 heteroatoms. The van der Waals surface area contributed by atoms with Crippen LogP contribution >= 0.6 is 0 Å². The van der Waals surface area contributed by atoms with Crippen molar-refractivity contribution in [2.24, 2.45) is 45.8 Å². The molecular weight excluding hydrogens is 386 g/mol. The Morgan fingerprint density at radius 3 is 2.87 bits per heavy atom. The molecule has 4 nitrogen and oxygen atoms in total. The van der Waals surface area contributed by atoms with Crippen molar-refractivity contribution in [1.82, 2.24) is 5.06 Å². The Morgan fingerprint density at radius 2 is 2.00 bits per heavy atom. The monoisotopic (exact) mass is 425 g/mol. The number of hydroxylamine groups is 2. The molecule has 0 aromatic carbocycles. The summed E-state index contributed by atoms with van der Waals surface area (Å²) in [7, 11) is 0. The molecule has 2 aliphatic heterocycles. The molecule has 2 unspecified atom stereocenters. The van der Waals surface area contributed by atoms with Gasteiger partial charge in [-0.05, 0) is 98.7 Å². The fourth-order valence-electron chi connectivity index (χ4n) is 11.7. The molecule has 2 N–H and O–H groups in total. The van der Waals surface area contributed by atoms with E-state index in [0.29, 0.717) is 28.1 Å². The normalized spacial score (nSPS) is 65.7. The van der Waals surface area contributed by atoms with Gasteiger partial charge in [0.15, 0.2) is 0 Å². The highest BCUT2D eigenvalue weighted by Crippen LogP contribution is 2.93. The Labute approximate surface area is 186 Å². The maximum absolute atomic E-state index is 10.8. The van der Waals surface area contributed by atoms with E-state index in [4.69, 9.17) is 4.74 Å². The number of aliphatic hydroxyl groups is 1. The van der Waals surface area contributed by atoms with Crippen LogP contribution in [-0.2, 0) is 4.74 Å².